The molecule has 36 heavy (non-hydrogen) atoms. The van der Waals surface area contributed by atoms with Gasteiger partial charge in [-0.3, -0.25) is 0 Å². The van der Waals surface area contributed by atoms with Crippen LogP contribution in [0.4, 0.5) is 0 Å². The minimum Gasteiger partial charge on any atom is -0.507 e. The number of aryl methyl sites for hydroxylation is 2. The van der Waals surface area contributed by atoms with Crippen molar-refractivity contribution in [1.29, 1.82) is 0 Å². The number of phenols is 2. The fourth-order valence-electron chi connectivity index (χ4n) is 4.36. The molecule has 0 aromatic heterocycles. The number of aliphatic hydroxyl groups is 1. The fraction of sp³-hybridized carbons (Fsp3) is 0.455. The summed E-state index contributed by atoms with van der Waals surface area (Å²) in [5, 5.41) is 33.9. The summed E-state index contributed by atoms with van der Waals surface area (Å²) in [4.78, 5) is 0. The predicted molar refractivity (Wildman–Crippen MR) is 156 cm³/mol. The molecule has 2 aromatic rings. The fourth-order valence-corrected chi connectivity index (χ4v) is 4.36. The van der Waals surface area contributed by atoms with Crippen molar-refractivity contribution in [3.63, 3.8) is 0 Å². The van der Waals surface area contributed by atoms with Crippen LogP contribution in [0.5, 0.6) is 11.5 Å². The molecule has 2 aromatic carbocycles. The molecule has 3 N–H and O–H groups in total. The summed E-state index contributed by atoms with van der Waals surface area (Å²) in [6.07, 6.45) is 16.0. The molecule has 2 rings (SSSR count). The zero-order chi connectivity index (χ0) is 27.0. The van der Waals surface area contributed by atoms with Crippen molar-refractivity contribution in [2.24, 2.45) is 0 Å². The Labute approximate surface area is 218 Å². The second-order valence-corrected chi connectivity index (χ2v) is 10.9. The zero-order valence-electron chi connectivity index (χ0n) is 23.6. The lowest BCUT2D eigenvalue weighted by Crippen LogP contribution is -2.19. The number of aromatic hydroxyl groups is 2. The monoisotopic (exact) mass is 490 g/mol. The lowest BCUT2D eigenvalue weighted by Gasteiger charge is -2.19. The van der Waals surface area contributed by atoms with Crippen LogP contribution in [0.2, 0.25) is 0 Å². The third-order valence-electron chi connectivity index (χ3n) is 7.03. The van der Waals surface area contributed by atoms with Gasteiger partial charge < -0.3 is 15.3 Å². The molecule has 0 spiro atoms. The van der Waals surface area contributed by atoms with Crippen LogP contribution in [-0.4, -0.2) is 20.9 Å². The first-order chi connectivity index (χ1) is 16.8. The van der Waals surface area contributed by atoms with Crippen molar-refractivity contribution in [3.8, 4) is 11.5 Å². The first-order valence-corrected chi connectivity index (χ1v) is 13.1. The van der Waals surface area contributed by atoms with E-state index in [2.05, 4.69) is 45.9 Å². The highest BCUT2D eigenvalue weighted by molar-refractivity contribution is 5.98. The molecule has 0 fully saturated rings. The molecule has 1 atom stereocenters. The van der Waals surface area contributed by atoms with Gasteiger partial charge in [0.05, 0.1) is 5.60 Å². The number of allylic oxidation sites excluding steroid dienone is 6. The Morgan fingerprint density at radius 3 is 1.83 bits per heavy atom. The van der Waals surface area contributed by atoms with E-state index in [9.17, 15) is 15.3 Å². The Hall–Kier alpha value is -2.78. The largest absolute Gasteiger partial charge is 0.507 e. The lowest BCUT2D eigenvalue weighted by molar-refractivity contribution is 0.104. The molecule has 0 heterocycles. The molecule has 3 heteroatoms. The number of hydrogen-bond acceptors (Lipinski definition) is 3. The normalized spacial score (nSPS) is 14.5. The van der Waals surface area contributed by atoms with E-state index in [0.717, 1.165) is 43.2 Å². The van der Waals surface area contributed by atoms with Gasteiger partial charge in [0.2, 0.25) is 0 Å². The van der Waals surface area contributed by atoms with E-state index in [-0.39, 0.29) is 11.5 Å². The molecule has 0 aliphatic carbocycles. The highest BCUT2D eigenvalue weighted by Crippen LogP contribution is 2.41. The quantitative estimate of drug-likeness (QED) is 0.217. The van der Waals surface area contributed by atoms with Gasteiger partial charge in [0, 0.05) is 21.9 Å². The minimum absolute atomic E-state index is 0.135. The van der Waals surface area contributed by atoms with Crippen molar-refractivity contribution in [3.05, 3.63) is 75.4 Å². The van der Waals surface area contributed by atoms with Crippen molar-refractivity contribution >= 4 is 16.8 Å². The summed E-state index contributed by atoms with van der Waals surface area (Å²) < 4.78 is 0. The number of benzene rings is 2. The molecule has 0 saturated carbocycles. The SMILES string of the molecule is CC(C)=CCCC(C)=CCCC(C)=CCCC(C)(O)/C=C/c1c(C)c(O)c2cc(C)c(C)cc2c1O. The predicted octanol–water partition coefficient (Wildman–Crippen LogP) is 9.14. The standard InChI is InChI=1S/C33H46O3/c1-22(2)12-9-13-23(3)14-10-15-24(4)16-11-18-33(8,36)19-17-28-27(7)31(34)29-20-25(5)26(6)21-30(29)32(28)35/h12,14,16-17,19-21,34-36H,9-11,13,15,18H2,1-8H3/b19-17+,23-14?,24-16?. The highest BCUT2D eigenvalue weighted by Gasteiger charge is 2.19. The second-order valence-electron chi connectivity index (χ2n) is 10.9. The smallest absolute Gasteiger partial charge is 0.131 e. The zero-order valence-corrected chi connectivity index (χ0v) is 23.6. The van der Waals surface area contributed by atoms with Crippen LogP contribution in [0.1, 0.15) is 95.4 Å². The molecule has 0 bridgehead atoms. The summed E-state index contributed by atoms with van der Waals surface area (Å²) >= 11 is 0. The van der Waals surface area contributed by atoms with Gasteiger partial charge in [0.15, 0.2) is 0 Å². The van der Waals surface area contributed by atoms with Gasteiger partial charge in [-0.25, -0.2) is 0 Å². The maximum Gasteiger partial charge on any atom is 0.131 e. The van der Waals surface area contributed by atoms with Gasteiger partial charge >= 0.3 is 0 Å². The molecular weight excluding hydrogens is 444 g/mol. The van der Waals surface area contributed by atoms with E-state index >= 15 is 0 Å². The third kappa shape index (κ3) is 8.41. The van der Waals surface area contributed by atoms with E-state index in [1.807, 2.05) is 26.0 Å². The summed E-state index contributed by atoms with van der Waals surface area (Å²) in [5.41, 5.74) is 6.40. The van der Waals surface area contributed by atoms with Gasteiger partial charge in [0.25, 0.3) is 0 Å². The summed E-state index contributed by atoms with van der Waals surface area (Å²) in [6.45, 7) is 16.2. The molecule has 0 aliphatic rings. The topological polar surface area (TPSA) is 60.7 Å². The van der Waals surface area contributed by atoms with Crippen LogP contribution >= 0.6 is 0 Å². The minimum atomic E-state index is -1.02. The van der Waals surface area contributed by atoms with E-state index in [1.54, 1.807) is 26.0 Å². The van der Waals surface area contributed by atoms with E-state index < -0.39 is 5.60 Å². The van der Waals surface area contributed by atoms with E-state index in [4.69, 9.17) is 0 Å². The van der Waals surface area contributed by atoms with Crippen LogP contribution in [-0.2, 0) is 0 Å². The van der Waals surface area contributed by atoms with Crippen LogP contribution < -0.4 is 0 Å². The molecule has 0 amide bonds. The van der Waals surface area contributed by atoms with E-state index in [0.29, 0.717) is 28.3 Å². The summed E-state index contributed by atoms with van der Waals surface area (Å²) in [6, 6.07) is 3.81. The molecule has 1 unspecified atom stereocenters. The van der Waals surface area contributed by atoms with Crippen LogP contribution in [0.15, 0.2) is 53.2 Å². The highest BCUT2D eigenvalue weighted by atomic mass is 16.3. The lowest BCUT2D eigenvalue weighted by atomic mass is 9.93. The molecule has 0 saturated heterocycles. The van der Waals surface area contributed by atoms with Gasteiger partial charge in [-0.1, -0.05) is 47.1 Å². The maximum absolute atomic E-state index is 10.9. The van der Waals surface area contributed by atoms with Crippen molar-refractivity contribution in [2.45, 2.75) is 99.5 Å². The summed E-state index contributed by atoms with van der Waals surface area (Å²) in [7, 11) is 0. The van der Waals surface area contributed by atoms with Crippen molar-refractivity contribution in [2.75, 3.05) is 0 Å². The average Bonchev–Trinajstić information content (AvgIpc) is 2.78. The number of fused-ring (bicyclic) bond motifs is 1. The number of rotatable bonds is 11. The van der Waals surface area contributed by atoms with Crippen LogP contribution in [0, 0.1) is 20.8 Å². The Kier molecular flexibility index (Phi) is 10.6. The molecular formula is C33H46O3. The Bertz CT molecular complexity index is 1190. The van der Waals surface area contributed by atoms with Gasteiger partial charge in [-0.2, -0.15) is 0 Å². The first-order valence-electron chi connectivity index (χ1n) is 13.1. The Morgan fingerprint density at radius 1 is 0.778 bits per heavy atom. The van der Waals surface area contributed by atoms with Gasteiger partial charge in [-0.15, -0.1) is 0 Å². The van der Waals surface area contributed by atoms with Crippen LogP contribution in [0.3, 0.4) is 0 Å². The van der Waals surface area contributed by atoms with Gasteiger partial charge in [-0.05, 0) is 117 Å². The summed E-state index contributed by atoms with van der Waals surface area (Å²) in [5.74, 6) is 0.306. The Balaban J connectivity index is 2.02. The molecule has 196 valence electrons. The molecule has 0 radical (unpaired) electrons. The van der Waals surface area contributed by atoms with Gasteiger partial charge in [0.1, 0.15) is 11.5 Å². The Morgan fingerprint density at radius 2 is 1.28 bits per heavy atom. The first kappa shape index (κ1) is 29.5. The number of hydrogen-bond donors (Lipinski definition) is 3. The maximum atomic E-state index is 10.9. The third-order valence-corrected chi connectivity index (χ3v) is 7.03. The van der Waals surface area contributed by atoms with Crippen LogP contribution in [0.25, 0.3) is 16.8 Å². The number of phenolic OH excluding ortho intramolecular Hbond substituents is 2. The average molecular weight is 491 g/mol. The van der Waals surface area contributed by atoms with E-state index in [1.165, 1.54) is 16.7 Å². The second kappa shape index (κ2) is 13.0. The van der Waals surface area contributed by atoms with Crippen molar-refractivity contribution < 1.29 is 15.3 Å². The van der Waals surface area contributed by atoms with Crippen molar-refractivity contribution in [1.82, 2.24) is 0 Å². The molecule has 3 nitrogen and oxygen atoms in total. The molecule has 0 aliphatic heterocycles.